The highest BCUT2D eigenvalue weighted by Gasteiger charge is 2.16. The minimum absolute atomic E-state index is 0.298. The van der Waals surface area contributed by atoms with Gasteiger partial charge in [-0.25, -0.2) is 0 Å². The van der Waals surface area contributed by atoms with Crippen LogP contribution in [0.15, 0.2) is 18.2 Å². The summed E-state index contributed by atoms with van der Waals surface area (Å²) in [6, 6.07) is 5.81. The number of hydrogen-bond acceptors (Lipinski definition) is 3. The smallest absolute Gasteiger partial charge is 0.251 e. The van der Waals surface area contributed by atoms with E-state index in [4.69, 9.17) is 4.74 Å². The molecule has 17 heavy (non-hydrogen) atoms. The Morgan fingerprint density at radius 2 is 2.18 bits per heavy atom. The lowest BCUT2D eigenvalue weighted by molar-refractivity contribution is -0.138. The number of carbonyl (C=O) groups is 1. The van der Waals surface area contributed by atoms with E-state index >= 15 is 0 Å². The van der Waals surface area contributed by atoms with Gasteiger partial charge in [0.15, 0.2) is 0 Å². The number of aliphatic hydroxyl groups excluding tert-OH is 1. The van der Waals surface area contributed by atoms with Gasteiger partial charge in [-0.3, -0.25) is 4.79 Å². The molecule has 0 spiro atoms. The Morgan fingerprint density at radius 1 is 1.53 bits per heavy atom. The normalized spacial score (nSPS) is 12.1. The molecule has 1 amide bonds. The topological polar surface area (TPSA) is 49.8 Å². The van der Waals surface area contributed by atoms with E-state index < -0.39 is 6.10 Å². The third-order valence-electron chi connectivity index (χ3n) is 2.58. The van der Waals surface area contributed by atoms with Crippen molar-refractivity contribution in [3.8, 4) is 5.75 Å². The van der Waals surface area contributed by atoms with Crippen molar-refractivity contribution in [1.82, 2.24) is 4.90 Å². The van der Waals surface area contributed by atoms with Gasteiger partial charge in [-0.15, -0.1) is 0 Å². The van der Waals surface area contributed by atoms with Crippen molar-refractivity contribution < 1.29 is 14.6 Å². The van der Waals surface area contributed by atoms with Crippen molar-refractivity contribution in [3.05, 3.63) is 29.3 Å². The molecule has 4 heteroatoms. The zero-order valence-corrected chi connectivity index (χ0v) is 10.7. The van der Waals surface area contributed by atoms with Crippen LogP contribution in [-0.4, -0.2) is 36.2 Å². The number of rotatable bonds is 4. The molecule has 1 rings (SSSR count). The molecule has 0 bridgehead atoms. The average Bonchev–Trinajstić information content (AvgIpc) is 2.28. The van der Waals surface area contributed by atoms with Crippen molar-refractivity contribution in [1.29, 1.82) is 0 Å². The second kappa shape index (κ2) is 5.68. The molecular weight excluding hydrogens is 218 g/mol. The van der Waals surface area contributed by atoms with Crippen LogP contribution in [-0.2, 0) is 11.3 Å². The molecule has 1 aromatic rings. The van der Waals surface area contributed by atoms with E-state index in [9.17, 15) is 9.90 Å². The lowest BCUT2D eigenvalue weighted by Crippen LogP contribution is -2.34. The molecular formula is C13H19NO3. The molecule has 0 aliphatic carbocycles. The summed E-state index contributed by atoms with van der Waals surface area (Å²) >= 11 is 0. The number of benzene rings is 1. The van der Waals surface area contributed by atoms with Crippen LogP contribution in [0.1, 0.15) is 18.1 Å². The first-order valence-corrected chi connectivity index (χ1v) is 5.52. The minimum atomic E-state index is -0.976. The fourth-order valence-corrected chi connectivity index (χ4v) is 1.68. The van der Waals surface area contributed by atoms with Gasteiger partial charge in [0.1, 0.15) is 11.9 Å². The van der Waals surface area contributed by atoms with E-state index in [0.29, 0.717) is 6.54 Å². The molecule has 0 heterocycles. The molecule has 4 nitrogen and oxygen atoms in total. The predicted molar refractivity (Wildman–Crippen MR) is 65.9 cm³/mol. The lowest BCUT2D eigenvalue weighted by Gasteiger charge is -2.20. The molecule has 1 unspecified atom stereocenters. The summed E-state index contributed by atoms with van der Waals surface area (Å²) in [5.41, 5.74) is 2.04. The molecule has 0 saturated carbocycles. The van der Waals surface area contributed by atoms with E-state index in [0.717, 1.165) is 16.9 Å². The highest BCUT2D eigenvalue weighted by molar-refractivity contribution is 5.80. The summed E-state index contributed by atoms with van der Waals surface area (Å²) in [7, 11) is 3.27. The first-order valence-electron chi connectivity index (χ1n) is 5.52. The van der Waals surface area contributed by atoms with Crippen LogP contribution in [0, 0.1) is 6.92 Å². The Labute approximate surface area is 102 Å². The third-order valence-corrected chi connectivity index (χ3v) is 2.58. The van der Waals surface area contributed by atoms with E-state index in [-0.39, 0.29) is 5.91 Å². The number of nitrogens with zero attached hydrogens (tertiary/aromatic N) is 1. The second-order valence-corrected chi connectivity index (χ2v) is 4.19. The number of carbonyl (C=O) groups excluding carboxylic acids is 1. The van der Waals surface area contributed by atoms with Gasteiger partial charge in [0.05, 0.1) is 7.11 Å². The summed E-state index contributed by atoms with van der Waals surface area (Å²) in [5.74, 6) is 0.453. The van der Waals surface area contributed by atoms with Gasteiger partial charge in [-0.05, 0) is 19.9 Å². The quantitative estimate of drug-likeness (QED) is 0.859. The number of methoxy groups -OCH3 is 1. The Morgan fingerprint density at radius 3 is 2.71 bits per heavy atom. The molecule has 0 radical (unpaired) electrons. The maximum atomic E-state index is 11.6. The lowest BCUT2D eigenvalue weighted by atomic mass is 10.1. The van der Waals surface area contributed by atoms with Crippen LogP contribution in [0.4, 0.5) is 0 Å². The molecule has 0 aromatic heterocycles. The van der Waals surface area contributed by atoms with Crippen molar-refractivity contribution in [2.24, 2.45) is 0 Å². The fourth-order valence-electron chi connectivity index (χ4n) is 1.68. The highest BCUT2D eigenvalue weighted by atomic mass is 16.5. The van der Waals surface area contributed by atoms with Crippen LogP contribution in [0.25, 0.3) is 0 Å². The first kappa shape index (κ1) is 13.5. The summed E-state index contributed by atoms with van der Waals surface area (Å²) in [5, 5.41) is 9.23. The molecule has 0 aliphatic rings. The van der Waals surface area contributed by atoms with Gasteiger partial charge < -0.3 is 14.7 Å². The maximum absolute atomic E-state index is 11.6. The van der Waals surface area contributed by atoms with Gasteiger partial charge in [-0.2, -0.15) is 0 Å². The number of likely N-dealkylation sites (N-methyl/N-ethyl adjacent to an activating group) is 1. The van der Waals surface area contributed by atoms with E-state index in [1.165, 1.54) is 11.8 Å². The van der Waals surface area contributed by atoms with Gasteiger partial charge in [0.25, 0.3) is 5.91 Å². The molecule has 0 saturated heterocycles. The predicted octanol–water partition coefficient (Wildman–Crippen LogP) is 1.34. The van der Waals surface area contributed by atoms with Gasteiger partial charge in [-0.1, -0.05) is 17.7 Å². The zero-order chi connectivity index (χ0) is 13.0. The third kappa shape index (κ3) is 3.46. The van der Waals surface area contributed by atoms with Crippen LogP contribution in [0.2, 0.25) is 0 Å². The summed E-state index contributed by atoms with van der Waals surface area (Å²) in [6.07, 6.45) is -0.976. The van der Waals surface area contributed by atoms with Crippen LogP contribution in [0.3, 0.4) is 0 Å². The summed E-state index contributed by atoms with van der Waals surface area (Å²) < 4.78 is 5.24. The Balaban J connectivity index is 2.87. The molecule has 1 atom stereocenters. The Kier molecular flexibility index (Phi) is 4.52. The number of ether oxygens (including phenoxy) is 1. The van der Waals surface area contributed by atoms with Crippen molar-refractivity contribution in [3.63, 3.8) is 0 Å². The molecule has 0 aliphatic heterocycles. The minimum Gasteiger partial charge on any atom is -0.496 e. The number of amides is 1. The van der Waals surface area contributed by atoms with Crippen LogP contribution in [0.5, 0.6) is 5.75 Å². The standard InChI is InChI=1S/C13H19NO3/c1-9-5-6-12(17-4)11(7-9)8-14(3)13(16)10(2)15/h5-7,10,15H,8H2,1-4H3. The highest BCUT2D eigenvalue weighted by Crippen LogP contribution is 2.21. The monoisotopic (exact) mass is 237 g/mol. The Bertz CT molecular complexity index is 402. The SMILES string of the molecule is COc1ccc(C)cc1CN(C)C(=O)C(C)O. The fraction of sp³-hybridized carbons (Fsp3) is 0.462. The van der Waals surface area contributed by atoms with E-state index in [1.54, 1.807) is 14.2 Å². The van der Waals surface area contributed by atoms with Crippen molar-refractivity contribution >= 4 is 5.91 Å². The van der Waals surface area contributed by atoms with Crippen molar-refractivity contribution in [2.75, 3.05) is 14.2 Å². The largest absolute Gasteiger partial charge is 0.496 e. The number of hydrogen-bond donors (Lipinski definition) is 1. The van der Waals surface area contributed by atoms with E-state index in [2.05, 4.69) is 0 Å². The summed E-state index contributed by atoms with van der Waals surface area (Å²) in [6.45, 7) is 3.88. The first-order chi connectivity index (χ1) is 7.95. The van der Waals surface area contributed by atoms with Crippen molar-refractivity contribution in [2.45, 2.75) is 26.5 Å². The molecule has 1 N–H and O–H groups in total. The van der Waals surface area contributed by atoms with Gasteiger partial charge in [0, 0.05) is 19.2 Å². The second-order valence-electron chi connectivity index (χ2n) is 4.19. The van der Waals surface area contributed by atoms with Gasteiger partial charge >= 0.3 is 0 Å². The van der Waals surface area contributed by atoms with Crippen LogP contribution < -0.4 is 4.74 Å². The van der Waals surface area contributed by atoms with E-state index in [1.807, 2.05) is 25.1 Å². The number of aliphatic hydroxyl groups is 1. The Hall–Kier alpha value is -1.55. The molecule has 0 fully saturated rings. The zero-order valence-electron chi connectivity index (χ0n) is 10.7. The maximum Gasteiger partial charge on any atom is 0.251 e. The number of aryl methyl sites for hydroxylation is 1. The summed E-state index contributed by atoms with van der Waals surface area (Å²) in [4.78, 5) is 13.1. The molecule has 1 aromatic carbocycles. The average molecular weight is 237 g/mol. The van der Waals surface area contributed by atoms with Gasteiger partial charge in [0.2, 0.25) is 0 Å². The molecule has 94 valence electrons. The van der Waals surface area contributed by atoms with Crippen LogP contribution >= 0.6 is 0 Å².